The number of para-hydroxylation sites is 1. The molecule has 0 amide bonds. The predicted molar refractivity (Wildman–Crippen MR) is 80.2 cm³/mol. The molecule has 0 radical (unpaired) electrons. The first kappa shape index (κ1) is 18.3. The number of quaternary nitrogens is 1. The SMILES string of the molecule is C[N+](C)(Cc1cc(C(F)(F)F)cc(C(F)(F)F)c1)c1ccccc1. The lowest BCUT2D eigenvalue weighted by Crippen LogP contribution is -2.39. The van der Waals surface area contributed by atoms with Crippen molar-refractivity contribution in [2.75, 3.05) is 14.1 Å². The standard InChI is InChI=1S/C17H16F6N/c1-24(2,15-6-4-3-5-7-15)11-12-8-13(16(18,19)20)10-14(9-12)17(21,22)23/h3-10H,11H2,1-2H3/q+1. The van der Waals surface area contributed by atoms with Crippen molar-refractivity contribution in [2.24, 2.45) is 0 Å². The molecule has 1 nitrogen and oxygen atoms in total. The molecule has 24 heavy (non-hydrogen) atoms. The Labute approximate surface area is 135 Å². The van der Waals surface area contributed by atoms with Gasteiger partial charge in [-0.3, -0.25) is 4.48 Å². The van der Waals surface area contributed by atoms with Crippen LogP contribution in [0, 0.1) is 0 Å². The van der Waals surface area contributed by atoms with E-state index in [2.05, 4.69) is 0 Å². The molecule has 0 saturated carbocycles. The third-order valence-electron chi connectivity index (χ3n) is 3.68. The summed E-state index contributed by atoms with van der Waals surface area (Å²) in [5.74, 6) is 0. The molecule has 0 fully saturated rings. The lowest BCUT2D eigenvalue weighted by molar-refractivity contribution is -0.143. The van der Waals surface area contributed by atoms with Gasteiger partial charge in [-0.25, -0.2) is 0 Å². The van der Waals surface area contributed by atoms with E-state index in [-0.39, 0.29) is 22.7 Å². The highest BCUT2D eigenvalue weighted by Gasteiger charge is 2.37. The van der Waals surface area contributed by atoms with Crippen LogP contribution in [0.25, 0.3) is 0 Å². The van der Waals surface area contributed by atoms with Gasteiger partial charge in [-0.2, -0.15) is 26.3 Å². The van der Waals surface area contributed by atoms with E-state index in [0.29, 0.717) is 0 Å². The molecule has 0 spiro atoms. The maximum atomic E-state index is 12.9. The van der Waals surface area contributed by atoms with E-state index in [9.17, 15) is 26.3 Å². The number of rotatable bonds is 3. The van der Waals surface area contributed by atoms with E-state index < -0.39 is 23.5 Å². The van der Waals surface area contributed by atoms with Gasteiger partial charge in [0.2, 0.25) is 0 Å². The monoisotopic (exact) mass is 348 g/mol. The largest absolute Gasteiger partial charge is 0.416 e. The fourth-order valence-corrected chi connectivity index (χ4v) is 2.49. The van der Waals surface area contributed by atoms with Crippen LogP contribution in [0.4, 0.5) is 32.0 Å². The molecule has 0 aliphatic heterocycles. The Morgan fingerprint density at radius 2 is 1.21 bits per heavy atom. The van der Waals surface area contributed by atoms with Crippen LogP contribution in [0.5, 0.6) is 0 Å². The zero-order valence-electron chi connectivity index (χ0n) is 13.0. The van der Waals surface area contributed by atoms with Crippen molar-refractivity contribution in [1.29, 1.82) is 0 Å². The van der Waals surface area contributed by atoms with Gasteiger partial charge in [-0.05, 0) is 30.3 Å². The summed E-state index contributed by atoms with van der Waals surface area (Å²) in [6, 6.07) is 10.6. The third-order valence-corrected chi connectivity index (χ3v) is 3.68. The van der Waals surface area contributed by atoms with Crippen molar-refractivity contribution >= 4 is 5.69 Å². The van der Waals surface area contributed by atoms with Crippen molar-refractivity contribution in [3.63, 3.8) is 0 Å². The zero-order chi connectivity index (χ0) is 18.2. The normalized spacial score (nSPS) is 13.2. The molecular weight excluding hydrogens is 332 g/mol. The Bertz CT molecular complexity index is 669. The Morgan fingerprint density at radius 1 is 0.750 bits per heavy atom. The molecule has 0 saturated heterocycles. The molecule has 0 unspecified atom stereocenters. The van der Waals surface area contributed by atoms with E-state index in [1.807, 2.05) is 0 Å². The van der Waals surface area contributed by atoms with Crippen LogP contribution in [0.1, 0.15) is 16.7 Å². The third kappa shape index (κ3) is 4.29. The Balaban J connectivity index is 2.46. The van der Waals surface area contributed by atoms with Gasteiger partial charge in [0, 0.05) is 5.56 Å². The van der Waals surface area contributed by atoms with Crippen LogP contribution >= 0.6 is 0 Å². The summed E-state index contributed by atoms with van der Waals surface area (Å²) in [6.45, 7) is -0.00296. The topological polar surface area (TPSA) is 0 Å². The number of alkyl halides is 6. The molecule has 2 rings (SSSR count). The van der Waals surface area contributed by atoms with Crippen LogP contribution < -0.4 is 4.48 Å². The number of halogens is 6. The second-order valence-electron chi connectivity index (χ2n) is 6.09. The maximum absolute atomic E-state index is 12.9. The molecule has 0 N–H and O–H groups in total. The number of benzene rings is 2. The average Bonchev–Trinajstić information content (AvgIpc) is 2.45. The average molecular weight is 348 g/mol. The van der Waals surface area contributed by atoms with Crippen LogP contribution in [-0.4, -0.2) is 14.1 Å². The van der Waals surface area contributed by atoms with Gasteiger partial charge in [0.15, 0.2) is 0 Å². The van der Waals surface area contributed by atoms with Gasteiger partial charge in [0.05, 0.1) is 25.2 Å². The van der Waals surface area contributed by atoms with Gasteiger partial charge in [-0.15, -0.1) is 0 Å². The quantitative estimate of drug-likeness (QED) is 0.508. The van der Waals surface area contributed by atoms with Gasteiger partial charge in [0.1, 0.15) is 12.2 Å². The highest BCUT2D eigenvalue weighted by molar-refractivity contribution is 5.43. The second-order valence-corrected chi connectivity index (χ2v) is 6.09. The van der Waals surface area contributed by atoms with E-state index in [1.54, 1.807) is 44.4 Å². The van der Waals surface area contributed by atoms with Gasteiger partial charge in [-0.1, -0.05) is 18.2 Å². The second kappa shape index (κ2) is 6.12. The summed E-state index contributed by atoms with van der Waals surface area (Å²) in [6.07, 6.45) is -9.67. The molecular formula is C17H16F6N+. The van der Waals surface area contributed by atoms with Crippen molar-refractivity contribution in [3.05, 3.63) is 65.2 Å². The fourth-order valence-electron chi connectivity index (χ4n) is 2.49. The van der Waals surface area contributed by atoms with Gasteiger partial charge < -0.3 is 0 Å². The first-order valence-electron chi connectivity index (χ1n) is 7.06. The van der Waals surface area contributed by atoms with Gasteiger partial charge in [0.25, 0.3) is 0 Å². The number of hydrogen-bond acceptors (Lipinski definition) is 0. The molecule has 7 heteroatoms. The van der Waals surface area contributed by atoms with Crippen LogP contribution in [0.3, 0.4) is 0 Å². The van der Waals surface area contributed by atoms with E-state index in [0.717, 1.165) is 17.8 Å². The van der Waals surface area contributed by atoms with Crippen molar-refractivity contribution in [1.82, 2.24) is 4.48 Å². The van der Waals surface area contributed by atoms with Crippen LogP contribution in [0.2, 0.25) is 0 Å². The first-order valence-corrected chi connectivity index (χ1v) is 7.06. The number of hydrogen-bond donors (Lipinski definition) is 0. The van der Waals surface area contributed by atoms with E-state index in [4.69, 9.17) is 0 Å². The minimum Gasteiger partial charge on any atom is -0.292 e. The Hall–Kier alpha value is -2.02. The predicted octanol–water partition coefficient (Wildman–Crippen LogP) is 5.49. The Kier molecular flexibility index (Phi) is 4.68. The molecule has 130 valence electrons. The highest BCUT2D eigenvalue weighted by atomic mass is 19.4. The molecule has 0 heterocycles. The molecule has 2 aromatic carbocycles. The fraction of sp³-hybridized carbons (Fsp3) is 0.294. The molecule has 0 bridgehead atoms. The highest BCUT2D eigenvalue weighted by Crippen LogP contribution is 2.37. The number of nitrogens with zero attached hydrogens (tertiary/aromatic N) is 1. The summed E-state index contributed by atoms with van der Waals surface area (Å²) in [5.41, 5.74) is -1.82. The summed E-state index contributed by atoms with van der Waals surface area (Å²) in [5, 5.41) is 0. The lowest BCUT2D eigenvalue weighted by atomic mass is 10.0. The van der Waals surface area contributed by atoms with Gasteiger partial charge >= 0.3 is 12.4 Å². The molecule has 2 aromatic rings. The summed E-state index contributed by atoms with van der Waals surface area (Å²) in [7, 11) is 3.45. The summed E-state index contributed by atoms with van der Waals surface area (Å²) >= 11 is 0. The smallest absolute Gasteiger partial charge is 0.292 e. The molecule has 0 aliphatic rings. The van der Waals surface area contributed by atoms with E-state index >= 15 is 0 Å². The lowest BCUT2D eigenvalue weighted by Gasteiger charge is -2.30. The molecule has 0 aliphatic carbocycles. The zero-order valence-corrected chi connectivity index (χ0v) is 13.0. The minimum atomic E-state index is -4.83. The maximum Gasteiger partial charge on any atom is 0.416 e. The summed E-state index contributed by atoms with van der Waals surface area (Å²) in [4.78, 5) is 0. The van der Waals surface area contributed by atoms with Crippen LogP contribution in [-0.2, 0) is 18.9 Å². The van der Waals surface area contributed by atoms with Crippen molar-refractivity contribution in [2.45, 2.75) is 18.9 Å². The van der Waals surface area contributed by atoms with Crippen molar-refractivity contribution in [3.8, 4) is 0 Å². The van der Waals surface area contributed by atoms with Crippen molar-refractivity contribution < 1.29 is 26.3 Å². The van der Waals surface area contributed by atoms with Crippen LogP contribution in [0.15, 0.2) is 48.5 Å². The first-order chi connectivity index (χ1) is 10.9. The summed E-state index contributed by atoms with van der Waals surface area (Å²) < 4.78 is 77.6. The molecule has 0 atom stereocenters. The molecule has 0 aromatic heterocycles. The minimum absolute atomic E-state index is 0.00296. The van der Waals surface area contributed by atoms with E-state index in [1.165, 1.54) is 0 Å². The Morgan fingerprint density at radius 3 is 1.62 bits per heavy atom.